The third kappa shape index (κ3) is 3.53. The zero-order valence-corrected chi connectivity index (χ0v) is 14.2. The number of anilines is 1. The molecule has 138 valence electrons. The van der Waals surface area contributed by atoms with Crippen LogP contribution in [0.3, 0.4) is 0 Å². The predicted octanol–water partition coefficient (Wildman–Crippen LogP) is 3.26. The van der Waals surface area contributed by atoms with Gasteiger partial charge in [-0.2, -0.15) is 18.4 Å². The molecule has 5 nitrogen and oxygen atoms in total. The fraction of sp³-hybridized carbons (Fsp3) is 0.444. The SMILES string of the molecule is Cn1ccnc1C(O)C1CCCN(c2ccc(C(F)(F)F)cc2C#N)C1. The minimum absolute atomic E-state index is 0.00745. The van der Waals surface area contributed by atoms with Gasteiger partial charge in [-0.15, -0.1) is 0 Å². The van der Waals surface area contributed by atoms with E-state index in [0.717, 1.165) is 25.0 Å². The molecule has 0 radical (unpaired) electrons. The van der Waals surface area contributed by atoms with Gasteiger partial charge in [-0.25, -0.2) is 4.98 Å². The number of hydrogen-bond acceptors (Lipinski definition) is 4. The van der Waals surface area contributed by atoms with Gasteiger partial charge in [-0.3, -0.25) is 0 Å². The van der Waals surface area contributed by atoms with Gasteiger partial charge in [0, 0.05) is 38.4 Å². The highest BCUT2D eigenvalue weighted by Gasteiger charge is 2.33. The Hall–Kier alpha value is -2.53. The quantitative estimate of drug-likeness (QED) is 0.908. The predicted molar refractivity (Wildman–Crippen MR) is 89.3 cm³/mol. The van der Waals surface area contributed by atoms with Gasteiger partial charge in [0.15, 0.2) is 0 Å². The summed E-state index contributed by atoms with van der Waals surface area (Å²) in [6.45, 7) is 1.08. The van der Waals surface area contributed by atoms with E-state index < -0.39 is 17.8 Å². The molecule has 2 atom stereocenters. The summed E-state index contributed by atoms with van der Waals surface area (Å²) in [5, 5.41) is 19.9. The van der Waals surface area contributed by atoms with Crippen molar-refractivity contribution in [3.8, 4) is 6.07 Å². The fourth-order valence-corrected chi connectivity index (χ4v) is 3.44. The molecule has 2 aromatic rings. The van der Waals surface area contributed by atoms with Crippen LogP contribution in [0, 0.1) is 17.2 Å². The van der Waals surface area contributed by atoms with Crippen LogP contribution in [0.15, 0.2) is 30.6 Å². The molecular weight excluding hydrogens is 345 g/mol. The van der Waals surface area contributed by atoms with Gasteiger partial charge in [0.25, 0.3) is 0 Å². The fourth-order valence-electron chi connectivity index (χ4n) is 3.44. The summed E-state index contributed by atoms with van der Waals surface area (Å²) in [6, 6.07) is 5.09. The molecule has 0 saturated carbocycles. The number of aliphatic hydroxyl groups excluding tert-OH is 1. The van der Waals surface area contributed by atoms with E-state index in [4.69, 9.17) is 0 Å². The lowest BCUT2D eigenvalue weighted by molar-refractivity contribution is -0.137. The first-order chi connectivity index (χ1) is 12.3. The minimum Gasteiger partial charge on any atom is -0.385 e. The molecule has 1 aromatic heterocycles. The maximum absolute atomic E-state index is 12.9. The number of nitriles is 1. The van der Waals surface area contributed by atoms with Gasteiger partial charge in [-0.1, -0.05) is 0 Å². The molecule has 0 aliphatic carbocycles. The average molecular weight is 364 g/mol. The highest BCUT2D eigenvalue weighted by atomic mass is 19.4. The van der Waals surface area contributed by atoms with Crippen LogP contribution in [0.2, 0.25) is 0 Å². The van der Waals surface area contributed by atoms with E-state index in [1.165, 1.54) is 6.07 Å². The third-order valence-electron chi connectivity index (χ3n) is 4.81. The van der Waals surface area contributed by atoms with E-state index in [1.54, 1.807) is 24.0 Å². The lowest BCUT2D eigenvalue weighted by Gasteiger charge is -2.36. The molecule has 1 aliphatic heterocycles. The first-order valence-electron chi connectivity index (χ1n) is 8.33. The molecule has 1 saturated heterocycles. The highest BCUT2D eigenvalue weighted by Crippen LogP contribution is 2.35. The Bertz CT molecular complexity index is 825. The number of imidazole rings is 1. The smallest absolute Gasteiger partial charge is 0.385 e. The number of hydrogen-bond donors (Lipinski definition) is 1. The van der Waals surface area contributed by atoms with Crippen LogP contribution in [0.1, 0.15) is 35.9 Å². The van der Waals surface area contributed by atoms with E-state index in [-0.39, 0.29) is 11.5 Å². The summed E-state index contributed by atoms with van der Waals surface area (Å²) in [5.41, 5.74) is -0.372. The maximum atomic E-state index is 12.9. The van der Waals surface area contributed by atoms with Gasteiger partial charge in [0.1, 0.15) is 18.0 Å². The van der Waals surface area contributed by atoms with Gasteiger partial charge < -0.3 is 14.6 Å². The van der Waals surface area contributed by atoms with Crippen LogP contribution in [0.5, 0.6) is 0 Å². The van der Waals surface area contributed by atoms with Crippen LogP contribution < -0.4 is 4.90 Å². The van der Waals surface area contributed by atoms with Crippen molar-refractivity contribution in [2.45, 2.75) is 25.1 Å². The summed E-state index contributed by atoms with van der Waals surface area (Å²) >= 11 is 0. The lowest BCUT2D eigenvalue weighted by atomic mass is 9.91. The Labute approximate surface area is 149 Å². The van der Waals surface area contributed by atoms with Crippen LogP contribution in [-0.4, -0.2) is 27.7 Å². The molecule has 3 rings (SSSR count). The monoisotopic (exact) mass is 364 g/mol. The number of aryl methyl sites for hydroxylation is 1. The average Bonchev–Trinajstić information content (AvgIpc) is 3.05. The van der Waals surface area contributed by atoms with Crippen LogP contribution in [-0.2, 0) is 13.2 Å². The summed E-state index contributed by atoms with van der Waals surface area (Å²) in [7, 11) is 1.80. The van der Waals surface area contributed by atoms with Crippen molar-refractivity contribution in [2.75, 3.05) is 18.0 Å². The van der Waals surface area contributed by atoms with Crippen molar-refractivity contribution in [3.05, 3.63) is 47.5 Å². The number of benzene rings is 1. The Balaban J connectivity index is 1.84. The van der Waals surface area contributed by atoms with Gasteiger partial charge in [0.2, 0.25) is 0 Å². The molecule has 0 bridgehead atoms. The summed E-state index contributed by atoms with van der Waals surface area (Å²) < 4.78 is 40.4. The molecule has 0 amide bonds. The van der Waals surface area contributed by atoms with E-state index in [9.17, 15) is 23.5 Å². The number of alkyl halides is 3. The van der Waals surface area contributed by atoms with Gasteiger partial charge >= 0.3 is 6.18 Å². The number of aromatic nitrogens is 2. The number of nitrogens with zero attached hydrogens (tertiary/aromatic N) is 4. The standard InChI is InChI=1S/C18H19F3N4O/c1-24-8-6-23-17(24)16(26)12-3-2-7-25(11-12)15-5-4-14(18(19,20)21)9-13(15)10-22/h4-6,8-9,12,16,26H,2-3,7,11H2,1H3. The Morgan fingerprint density at radius 1 is 1.38 bits per heavy atom. The molecule has 0 spiro atoms. The van der Waals surface area contributed by atoms with Gasteiger partial charge in [0.05, 0.1) is 16.8 Å². The lowest BCUT2D eigenvalue weighted by Crippen LogP contribution is -2.38. The van der Waals surface area contributed by atoms with Crippen molar-refractivity contribution in [1.29, 1.82) is 5.26 Å². The third-order valence-corrected chi connectivity index (χ3v) is 4.81. The number of aliphatic hydroxyl groups is 1. The second-order valence-corrected chi connectivity index (χ2v) is 6.53. The Morgan fingerprint density at radius 2 is 2.15 bits per heavy atom. The molecule has 1 fully saturated rings. The highest BCUT2D eigenvalue weighted by molar-refractivity contribution is 5.61. The van der Waals surface area contributed by atoms with Crippen molar-refractivity contribution in [1.82, 2.24) is 9.55 Å². The molecule has 26 heavy (non-hydrogen) atoms. The van der Waals surface area contributed by atoms with Crippen molar-refractivity contribution in [3.63, 3.8) is 0 Å². The summed E-state index contributed by atoms with van der Waals surface area (Å²) in [4.78, 5) is 6.05. The summed E-state index contributed by atoms with van der Waals surface area (Å²) in [6.07, 6.45) is -0.322. The van der Waals surface area contributed by atoms with E-state index in [0.29, 0.717) is 24.6 Å². The zero-order valence-electron chi connectivity index (χ0n) is 14.2. The number of piperidine rings is 1. The maximum Gasteiger partial charge on any atom is 0.416 e. The normalized spacial score (nSPS) is 19.2. The van der Waals surface area contributed by atoms with Crippen molar-refractivity contribution >= 4 is 5.69 Å². The largest absolute Gasteiger partial charge is 0.416 e. The zero-order chi connectivity index (χ0) is 18.9. The minimum atomic E-state index is -4.48. The summed E-state index contributed by atoms with van der Waals surface area (Å²) in [5.74, 6) is 0.448. The molecule has 1 N–H and O–H groups in total. The molecule has 2 heterocycles. The topological polar surface area (TPSA) is 65.1 Å². The van der Waals surface area contributed by atoms with Crippen LogP contribution in [0.25, 0.3) is 0 Å². The molecule has 1 aromatic carbocycles. The van der Waals surface area contributed by atoms with Crippen LogP contribution >= 0.6 is 0 Å². The van der Waals surface area contributed by atoms with Crippen molar-refractivity contribution < 1.29 is 18.3 Å². The van der Waals surface area contributed by atoms with Crippen molar-refractivity contribution in [2.24, 2.45) is 13.0 Å². The molecule has 2 unspecified atom stereocenters. The first-order valence-corrected chi connectivity index (χ1v) is 8.33. The van der Waals surface area contributed by atoms with E-state index in [2.05, 4.69) is 4.98 Å². The first kappa shape index (κ1) is 18.3. The van der Waals surface area contributed by atoms with E-state index >= 15 is 0 Å². The molecule has 1 aliphatic rings. The van der Waals surface area contributed by atoms with E-state index in [1.807, 2.05) is 11.0 Å². The number of rotatable bonds is 3. The number of halogens is 3. The second-order valence-electron chi connectivity index (χ2n) is 6.53. The second kappa shape index (κ2) is 7.00. The Kier molecular flexibility index (Phi) is 4.92. The van der Waals surface area contributed by atoms with Crippen LogP contribution in [0.4, 0.5) is 18.9 Å². The molecular formula is C18H19F3N4O. The Morgan fingerprint density at radius 3 is 2.77 bits per heavy atom. The van der Waals surface area contributed by atoms with Gasteiger partial charge in [-0.05, 0) is 31.0 Å². The molecule has 8 heteroatoms.